The molecule has 0 bridgehead atoms. The van der Waals surface area contributed by atoms with Crippen molar-refractivity contribution in [2.45, 2.75) is 32.5 Å². The summed E-state index contributed by atoms with van der Waals surface area (Å²) in [5, 5.41) is 0. The molecule has 1 aromatic heterocycles. The van der Waals surface area contributed by atoms with Crippen molar-refractivity contribution in [3.8, 4) is 0 Å². The molecule has 84 valence electrons. The Labute approximate surface area is 86.3 Å². The topological polar surface area (TPSA) is 38.9 Å². The largest absolute Gasteiger partial charge is 0.433 e. The van der Waals surface area contributed by atoms with E-state index >= 15 is 0 Å². The van der Waals surface area contributed by atoms with Crippen LogP contribution in [-0.4, -0.2) is 4.98 Å². The van der Waals surface area contributed by atoms with E-state index in [1.54, 1.807) is 19.9 Å². The molecule has 0 fully saturated rings. The van der Waals surface area contributed by atoms with Crippen LogP contribution in [0.3, 0.4) is 0 Å². The van der Waals surface area contributed by atoms with Gasteiger partial charge in [-0.15, -0.1) is 0 Å². The molecule has 15 heavy (non-hydrogen) atoms. The maximum atomic E-state index is 12.4. The summed E-state index contributed by atoms with van der Waals surface area (Å²) in [5.41, 5.74) is 5.35. The molecule has 0 amide bonds. The number of alkyl halides is 3. The minimum Gasteiger partial charge on any atom is -0.326 e. The average Bonchev–Trinajstić information content (AvgIpc) is 2.15. The van der Waals surface area contributed by atoms with Gasteiger partial charge in [-0.1, -0.05) is 13.8 Å². The van der Waals surface area contributed by atoms with Crippen LogP contribution >= 0.6 is 0 Å². The molecule has 0 unspecified atom stereocenters. The highest BCUT2D eigenvalue weighted by molar-refractivity contribution is 5.24. The zero-order valence-electron chi connectivity index (χ0n) is 8.60. The second-order valence-corrected chi connectivity index (χ2v) is 3.64. The molecule has 1 rings (SSSR count). The van der Waals surface area contributed by atoms with E-state index in [9.17, 15) is 13.2 Å². The smallest absolute Gasteiger partial charge is 0.326 e. The van der Waals surface area contributed by atoms with E-state index in [0.29, 0.717) is 11.3 Å². The monoisotopic (exact) mass is 218 g/mol. The maximum absolute atomic E-state index is 12.4. The molecule has 2 nitrogen and oxygen atoms in total. The summed E-state index contributed by atoms with van der Waals surface area (Å²) in [6.07, 6.45) is -4.41. The predicted molar refractivity (Wildman–Crippen MR) is 51.2 cm³/mol. The number of nitrogens with zero attached hydrogens (tertiary/aromatic N) is 1. The maximum Gasteiger partial charge on any atom is 0.433 e. The van der Waals surface area contributed by atoms with Crippen molar-refractivity contribution >= 4 is 0 Å². The molecular weight excluding hydrogens is 205 g/mol. The van der Waals surface area contributed by atoms with Gasteiger partial charge in [0.25, 0.3) is 0 Å². The number of nitrogens with two attached hydrogens (primary N) is 1. The Hall–Kier alpha value is -1.10. The third kappa shape index (κ3) is 2.92. The number of aromatic nitrogens is 1. The Morgan fingerprint density at radius 3 is 2.33 bits per heavy atom. The molecule has 0 aliphatic rings. The van der Waals surface area contributed by atoms with Gasteiger partial charge in [0.1, 0.15) is 5.69 Å². The third-order valence-corrected chi connectivity index (χ3v) is 2.02. The average molecular weight is 218 g/mol. The summed E-state index contributed by atoms with van der Waals surface area (Å²) in [5.74, 6) is -0.0439. The molecular formula is C10H13F3N2. The lowest BCUT2D eigenvalue weighted by Crippen LogP contribution is -2.12. The van der Waals surface area contributed by atoms with Gasteiger partial charge >= 0.3 is 6.18 Å². The highest BCUT2D eigenvalue weighted by atomic mass is 19.4. The van der Waals surface area contributed by atoms with Gasteiger partial charge in [0.2, 0.25) is 0 Å². The fourth-order valence-electron chi connectivity index (χ4n) is 1.17. The standard InChI is InChI=1S/C10H13F3N2/c1-6(2)8-3-7(5-14)4-9(15-8)10(11,12)13/h3-4,6H,5,14H2,1-2H3. The Bertz CT molecular complexity index is 345. The van der Waals surface area contributed by atoms with Gasteiger partial charge in [0.05, 0.1) is 0 Å². The van der Waals surface area contributed by atoms with Crippen LogP contribution in [0.25, 0.3) is 0 Å². The number of hydrogen-bond donors (Lipinski definition) is 1. The first-order valence-corrected chi connectivity index (χ1v) is 4.62. The summed E-state index contributed by atoms with van der Waals surface area (Å²) in [6, 6.07) is 2.60. The summed E-state index contributed by atoms with van der Waals surface area (Å²) in [7, 11) is 0. The predicted octanol–water partition coefficient (Wildman–Crippen LogP) is 2.68. The molecule has 1 aromatic rings. The van der Waals surface area contributed by atoms with Gasteiger partial charge in [-0.2, -0.15) is 13.2 Å². The third-order valence-electron chi connectivity index (χ3n) is 2.02. The molecule has 0 aliphatic heterocycles. The number of pyridine rings is 1. The van der Waals surface area contributed by atoms with Crippen molar-refractivity contribution in [2.24, 2.45) is 5.73 Å². The fourth-order valence-corrected chi connectivity index (χ4v) is 1.17. The summed E-state index contributed by atoms with van der Waals surface area (Å²) in [6.45, 7) is 3.68. The van der Waals surface area contributed by atoms with Crippen LogP contribution < -0.4 is 5.73 Å². The Morgan fingerprint density at radius 2 is 1.93 bits per heavy atom. The van der Waals surface area contributed by atoms with E-state index in [2.05, 4.69) is 4.98 Å². The van der Waals surface area contributed by atoms with Crippen molar-refractivity contribution in [3.63, 3.8) is 0 Å². The van der Waals surface area contributed by atoms with Crippen LogP contribution in [0.15, 0.2) is 12.1 Å². The van der Waals surface area contributed by atoms with Crippen LogP contribution in [0.5, 0.6) is 0 Å². The lowest BCUT2D eigenvalue weighted by Gasteiger charge is -2.12. The quantitative estimate of drug-likeness (QED) is 0.828. The van der Waals surface area contributed by atoms with Crippen molar-refractivity contribution in [1.29, 1.82) is 0 Å². The van der Waals surface area contributed by atoms with Crippen LogP contribution in [0.4, 0.5) is 13.2 Å². The fraction of sp³-hybridized carbons (Fsp3) is 0.500. The van der Waals surface area contributed by atoms with E-state index < -0.39 is 11.9 Å². The Morgan fingerprint density at radius 1 is 1.33 bits per heavy atom. The van der Waals surface area contributed by atoms with Crippen LogP contribution in [0.2, 0.25) is 0 Å². The van der Waals surface area contributed by atoms with E-state index in [-0.39, 0.29) is 12.5 Å². The molecule has 0 atom stereocenters. The first kappa shape index (κ1) is 12.0. The summed E-state index contributed by atoms with van der Waals surface area (Å²) in [4.78, 5) is 3.57. The van der Waals surface area contributed by atoms with E-state index in [1.807, 2.05) is 0 Å². The molecule has 2 N–H and O–H groups in total. The van der Waals surface area contributed by atoms with E-state index in [4.69, 9.17) is 5.73 Å². The second-order valence-electron chi connectivity index (χ2n) is 3.64. The summed E-state index contributed by atoms with van der Waals surface area (Å²) >= 11 is 0. The molecule has 0 saturated heterocycles. The van der Waals surface area contributed by atoms with Gasteiger partial charge in [0, 0.05) is 12.2 Å². The van der Waals surface area contributed by atoms with Crippen molar-refractivity contribution in [2.75, 3.05) is 0 Å². The molecule has 0 aromatic carbocycles. The van der Waals surface area contributed by atoms with Gasteiger partial charge in [-0.3, -0.25) is 0 Å². The lowest BCUT2D eigenvalue weighted by atomic mass is 10.1. The normalized spacial score (nSPS) is 12.2. The van der Waals surface area contributed by atoms with E-state index in [1.165, 1.54) is 0 Å². The SMILES string of the molecule is CC(C)c1cc(CN)cc(C(F)(F)F)n1. The summed E-state index contributed by atoms with van der Waals surface area (Å²) < 4.78 is 37.3. The first-order valence-electron chi connectivity index (χ1n) is 4.62. The van der Waals surface area contributed by atoms with Gasteiger partial charge < -0.3 is 5.73 Å². The highest BCUT2D eigenvalue weighted by Gasteiger charge is 2.33. The second kappa shape index (κ2) is 4.18. The molecule has 0 aliphatic carbocycles. The minimum atomic E-state index is -4.41. The highest BCUT2D eigenvalue weighted by Crippen LogP contribution is 2.29. The zero-order valence-corrected chi connectivity index (χ0v) is 8.60. The number of hydrogen-bond acceptors (Lipinski definition) is 2. The first-order chi connectivity index (χ1) is 6.84. The molecule has 1 heterocycles. The van der Waals surface area contributed by atoms with Crippen LogP contribution in [0.1, 0.15) is 36.7 Å². The Kier molecular flexibility index (Phi) is 3.34. The van der Waals surface area contributed by atoms with Crippen molar-refractivity contribution in [1.82, 2.24) is 4.98 Å². The van der Waals surface area contributed by atoms with Gasteiger partial charge in [-0.25, -0.2) is 4.98 Å². The number of halogens is 3. The lowest BCUT2D eigenvalue weighted by molar-refractivity contribution is -0.141. The van der Waals surface area contributed by atoms with Crippen molar-refractivity contribution < 1.29 is 13.2 Å². The minimum absolute atomic E-state index is 0.0439. The van der Waals surface area contributed by atoms with Gasteiger partial charge in [-0.05, 0) is 23.6 Å². The molecule has 0 radical (unpaired) electrons. The van der Waals surface area contributed by atoms with Crippen LogP contribution in [0, 0.1) is 0 Å². The van der Waals surface area contributed by atoms with Crippen LogP contribution in [-0.2, 0) is 12.7 Å². The van der Waals surface area contributed by atoms with E-state index in [0.717, 1.165) is 6.07 Å². The number of rotatable bonds is 2. The Balaban J connectivity index is 3.23. The van der Waals surface area contributed by atoms with Crippen molar-refractivity contribution in [3.05, 3.63) is 29.1 Å². The molecule has 5 heteroatoms. The van der Waals surface area contributed by atoms with Gasteiger partial charge in [0.15, 0.2) is 0 Å². The molecule has 0 spiro atoms. The zero-order chi connectivity index (χ0) is 11.6. The molecule has 0 saturated carbocycles.